The molecular weight excluding hydrogens is 340 g/mol. The third-order valence-electron chi connectivity index (χ3n) is 4.44. The van der Waals surface area contributed by atoms with Gasteiger partial charge in [0, 0.05) is 39.8 Å². The Kier molecular flexibility index (Phi) is 11.1. The Bertz CT molecular complexity index is 476. The number of rotatable bonds is 11. The smallest absolute Gasteiger partial charge is 0.211 e. The van der Waals surface area contributed by atoms with Gasteiger partial charge in [-0.05, 0) is 25.7 Å². The standard InChI is InChI=1S/C17H36N4O3S/c1-4-21(25(3,22)23)14-8-12-19-17(18-2)20-13-9-15-24-16-10-6-5-7-11-16/h16H,4-15H2,1-3H3,(H2,18,19,20). The second kappa shape index (κ2) is 12.5. The summed E-state index contributed by atoms with van der Waals surface area (Å²) in [6.07, 6.45) is 9.77. The minimum absolute atomic E-state index is 0.461. The molecule has 1 aliphatic carbocycles. The van der Waals surface area contributed by atoms with Crippen LogP contribution in [0.4, 0.5) is 0 Å². The van der Waals surface area contributed by atoms with Crippen LogP contribution in [0, 0.1) is 0 Å². The number of sulfonamides is 1. The maximum absolute atomic E-state index is 11.5. The molecule has 2 N–H and O–H groups in total. The zero-order valence-electron chi connectivity index (χ0n) is 16.1. The second-order valence-electron chi connectivity index (χ2n) is 6.52. The summed E-state index contributed by atoms with van der Waals surface area (Å²) in [7, 11) is -1.37. The summed E-state index contributed by atoms with van der Waals surface area (Å²) < 4.78 is 30.4. The fourth-order valence-corrected chi connectivity index (χ4v) is 3.93. The van der Waals surface area contributed by atoms with Crippen molar-refractivity contribution in [3.05, 3.63) is 0 Å². The Morgan fingerprint density at radius 3 is 2.36 bits per heavy atom. The quantitative estimate of drug-likeness (QED) is 0.325. The van der Waals surface area contributed by atoms with Crippen molar-refractivity contribution in [3.8, 4) is 0 Å². The average Bonchev–Trinajstić information content (AvgIpc) is 2.59. The number of nitrogens with one attached hydrogen (secondary N) is 2. The number of nitrogens with zero attached hydrogens (tertiary/aromatic N) is 2. The van der Waals surface area contributed by atoms with Crippen molar-refractivity contribution in [1.82, 2.24) is 14.9 Å². The Morgan fingerprint density at radius 1 is 1.16 bits per heavy atom. The van der Waals surface area contributed by atoms with Crippen LogP contribution in [0.25, 0.3) is 0 Å². The summed E-state index contributed by atoms with van der Waals surface area (Å²) in [5.74, 6) is 0.750. The minimum atomic E-state index is -3.11. The van der Waals surface area contributed by atoms with Gasteiger partial charge >= 0.3 is 0 Å². The Hall–Kier alpha value is -0.860. The van der Waals surface area contributed by atoms with Gasteiger partial charge in [-0.1, -0.05) is 26.2 Å². The van der Waals surface area contributed by atoms with Gasteiger partial charge in [0.25, 0.3) is 0 Å². The molecule has 0 amide bonds. The highest BCUT2D eigenvalue weighted by Crippen LogP contribution is 2.20. The van der Waals surface area contributed by atoms with Crippen LogP contribution in [0.15, 0.2) is 4.99 Å². The first-order chi connectivity index (χ1) is 12.0. The molecule has 25 heavy (non-hydrogen) atoms. The van der Waals surface area contributed by atoms with Crippen LogP contribution in [0.3, 0.4) is 0 Å². The highest BCUT2D eigenvalue weighted by molar-refractivity contribution is 7.88. The van der Waals surface area contributed by atoms with E-state index in [-0.39, 0.29) is 0 Å². The van der Waals surface area contributed by atoms with Crippen LogP contribution < -0.4 is 10.6 Å². The lowest BCUT2D eigenvalue weighted by Gasteiger charge is -2.22. The van der Waals surface area contributed by atoms with E-state index in [1.165, 1.54) is 42.7 Å². The van der Waals surface area contributed by atoms with Crippen LogP contribution in [0.5, 0.6) is 0 Å². The molecule has 0 spiro atoms. The van der Waals surface area contributed by atoms with E-state index in [9.17, 15) is 8.42 Å². The fraction of sp³-hybridized carbons (Fsp3) is 0.941. The third-order valence-corrected chi connectivity index (χ3v) is 5.82. The van der Waals surface area contributed by atoms with E-state index < -0.39 is 10.0 Å². The van der Waals surface area contributed by atoms with Crippen molar-refractivity contribution in [2.24, 2.45) is 4.99 Å². The molecule has 0 aromatic rings. The lowest BCUT2D eigenvalue weighted by atomic mass is 9.98. The Balaban J connectivity index is 2.08. The zero-order valence-corrected chi connectivity index (χ0v) is 16.9. The van der Waals surface area contributed by atoms with Crippen molar-refractivity contribution < 1.29 is 13.2 Å². The van der Waals surface area contributed by atoms with E-state index in [2.05, 4.69) is 15.6 Å². The minimum Gasteiger partial charge on any atom is -0.378 e. The fourth-order valence-electron chi connectivity index (χ4n) is 3.00. The van der Waals surface area contributed by atoms with E-state index in [1.54, 1.807) is 7.05 Å². The topological polar surface area (TPSA) is 83.0 Å². The van der Waals surface area contributed by atoms with Gasteiger partial charge < -0.3 is 15.4 Å². The first-order valence-corrected chi connectivity index (χ1v) is 11.3. The lowest BCUT2D eigenvalue weighted by Crippen LogP contribution is -2.40. The highest BCUT2D eigenvalue weighted by atomic mass is 32.2. The van der Waals surface area contributed by atoms with Gasteiger partial charge in [-0.2, -0.15) is 0 Å². The van der Waals surface area contributed by atoms with Crippen molar-refractivity contribution in [2.45, 2.75) is 58.0 Å². The molecule has 0 saturated heterocycles. The first kappa shape index (κ1) is 22.2. The van der Waals surface area contributed by atoms with E-state index in [1.807, 2.05) is 6.92 Å². The van der Waals surface area contributed by atoms with Crippen LogP contribution in [-0.2, 0) is 14.8 Å². The van der Waals surface area contributed by atoms with E-state index >= 15 is 0 Å². The summed E-state index contributed by atoms with van der Waals surface area (Å²) in [5.41, 5.74) is 0. The van der Waals surface area contributed by atoms with Crippen molar-refractivity contribution in [1.29, 1.82) is 0 Å². The number of hydrogen-bond acceptors (Lipinski definition) is 4. The Labute approximate surface area is 153 Å². The molecule has 1 aliphatic rings. The van der Waals surface area contributed by atoms with Gasteiger partial charge in [0.15, 0.2) is 5.96 Å². The molecule has 0 aromatic carbocycles. The van der Waals surface area contributed by atoms with E-state index in [0.29, 0.717) is 25.7 Å². The molecule has 0 bridgehead atoms. The molecular formula is C17H36N4O3S. The summed E-state index contributed by atoms with van der Waals surface area (Å²) >= 11 is 0. The van der Waals surface area contributed by atoms with Crippen LogP contribution in [-0.4, -0.2) is 70.9 Å². The first-order valence-electron chi connectivity index (χ1n) is 9.48. The van der Waals surface area contributed by atoms with E-state index in [0.717, 1.165) is 32.0 Å². The predicted octanol–water partition coefficient (Wildman–Crippen LogP) is 1.56. The molecule has 1 saturated carbocycles. The molecule has 0 unspecified atom stereocenters. The van der Waals surface area contributed by atoms with E-state index in [4.69, 9.17) is 4.74 Å². The number of guanidine groups is 1. The molecule has 8 heteroatoms. The summed E-state index contributed by atoms with van der Waals surface area (Å²) in [6.45, 7) is 5.17. The molecule has 0 radical (unpaired) electrons. The van der Waals surface area contributed by atoms with Crippen molar-refractivity contribution in [2.75, 3.05) is 46.1 Å². The largest absolute Gasteiger partial charge is 0.378 e. The monoisotopic (exact) mass is 376 g/mol. The molecule has 7 nitrogen and oxygen atoms in total. The van der Waals surface area contributed by atoms with Gasteiger partial charge in [-0.15, -0.1) is 0 Å². The predicted molar refractivity (Wildman–Crippen MR) is 104 cm³/mol. The molecule has 0 aromatic heterocycles. The van der Waals surface area contributed by atoms with Crippen LogP contribution in [0.2, 0.25) is 0 Å². The number of ether oxygens (including phenoxy) is 1. The summed E-state index contributed by atoms with van der Waals surface area (Å²) in [6, 6.07) is 0. The SMILES string of the molecule is CCN(CCCNC(=NC)NCCCOC1CCCCC1)S(C)(=O)=O. The van der Waals surface area contributed by atoms with Gasteiger partial charge in [-0.3, -0.25) is 4.99 Å². The summed E-state index contributed by atoms with van der Waals surface area (Å²) in [4.78, 5) is 4.18. The highest BCUT2D eigenvalue weighted by Gasteiger charge is 2.14. The average molecular weight is 377 g/mol. The van der Waals surface area contributed by atoms with Crippen molar-refractivity contribution >= 4 is 16.0 Å². The lowest BCUT2D eigenvalue weighted by molar-refractivity contribution is 0.0277. The molecule has 1 rings (SSSR count). The van der Waals surface area contributed by atoms with Gasteiger partial charge in [0.05, 0.1) is 12.4 Å². The van der Waals surface area contributed by atoms with Gasteiger partial charge in [0.2, 0.25) is 10.0 Å². The zero-order chi connectivity index (χ0) is 18.5. The Morgan fingerprint density at radius 2 is 1.80 bits per heavy atom. The normalized spacial score (nSPS) is 17.0. The molecule has 0 aliphatic heterocycles. The van der Waals surface area contributed by atoms with Crippen LogP contribution >= 0.6 is 0 Å². The second-order valence-corrected chi connectivity index (χ2v) is 8.50. The van der Waals surface area contributed by atoms with Gasteiger partial charge in [-0.25, -0.2) is 12.7 Å². The molecule has 0 atom stereocenters. The third kappa shape index (κ3) is 10.0. The maximum atomic E-state index is 11.5. The van der Waals surface area contributed by atoms with Gasteiger partial charge in [0.1, 0.15) is 0 Å². The molecule has 148 valence electrons. The van der Waals surface area contributed by atoms with Crippen molar-refractivity contribution in [3.63, 3.8) is 0 Å². The van der Waals surface area contributed by atoms with Crippen LogP contribution in [0.1, 0.15) is 51.9 Å². The summed E-state index contributed by atoms with van der Waals surface area (Å²) in [5, 5.41) is 6.48. The number of hydrogen-bond donors (Lipinski definition) is 2. The number of aliphatic imine (C=N–C) groups is 1. The molecule has 1 fully saturated rings. The molecule has 0 heterocycles. The maximum Gasteiger partial charge on any atom is 0.211 e.